The molecule has 0 aromatic heterocycles. The van der Waals surface area contributed by atoms with Crippen molar-refractivity contribution in [3.63, 3.8) is 0 Å². The fraction of sp³-hybridized carbons (Fsp3) is 0.211. The van der Waals surface area contributed by atoms with Crippen molar-refractivity contribution in [2.24, 2.45) is 0 Å². The van der Waals surface area contributed by atoms with Gasteiger partial charge in [0.1, 0.15) is 12.4 Å². The average molecular weight is 339 g/mol. The molecule has 6 heteroatoms. The molecule has 0 bridgehead atoms. The molecule has 1 N–H and O–H groups in total. The number of rotatable bonds is 6. The number of anilines is 1. The molecule has 128 valence electrons. The number of nitrogens with one attached hydrogen (secondary N) is 1. The molecule has 25 heavy (non-hydrogen) atoms. The van der Waals surface area contributed by atoms with Crippen molar-refractivity contribution in [2.45, 2.75) is 13.3 Å². The number of benzene rings is 2. The third kappa shape index (κ3) is 5.15. The van der Waals surface area contributed by atoms with Crippen LogP contribution in [-0.4, -0.2) is 24.9 Å². The van der Waals surface area contributed by atoms with Gasteiger partial charge in [-0.1, -0.05) is 18.2 Å². The van der Waals surface area contributed by atoms with Crippen LogP contribution >= 0.6 is 0 Å². The third-order valence-corrected chi connectivity index (χ3v) is 3.66. The molecule has 0 saturated heterocycles. The second-order valence-corrected chi connectivity index (χ2v) is 5.46. The van der Waals surface area contributed by atoms with Crippen LogP contribution in [0.5, 0.6) is 0 Å². The van der Waals surface area contributed by atoms with Gasteiger partial charge in [0, 0.05) is 19.2 Å². The van der Waals surface area contributed by atoms with Crippen molar-refractivity contribution in [1.29, 1.82) is 5.26 Å². The first kappa shape index (κ1) is 18.1. The maximum absolute atomic E-state index is 13.5. The van der Waals surface area contributed by atoms with E-state index >= 15 is 0 Å². The van der Waals surface area contributed by atoms with Crippen molar-refractivity contribution < 1.29 is 14.0 Å². The molecular formula is C19H18FN3O2. The van der Waals surface area contributed by atoms with Gasteiger partial charge in [0.25, 0.3) is 0 Å². The molecule has 2 rings (SSSR count). The Labute approximate surface area is 145 Å². The SMILES string of the molecule is CC(=O)N(CC(=O)NCCc1ccccc1F)c1ccc(C#N)cc1. The monoisotopic (exact) mass is 339 g/mol. The number of hydrogen-bond donors (Lipinski definition) is 1. The van der Waals surface area contributed by atoms with Crippen LogP contribution in [0, 0.1) is 17.1 Å². The molecule has 0 aliphatic heterocycles. The molecule has 0 aliphatic carbocycles. The van der Waals surface area contributed by atoms with E-state index in [0.29, 0.717) is 23.2 Å². The van der Waals surface area contributed by atoms with E-state index in [2.05, 4.69) is 5.32 Å². The normalized spacial score (nSPS) is 9.96. The Kier molecular flexibility index (Phi) is 6.24. The standard InChI is InChI=1S/C19H18FN3O2/c1-14(24)23(17-8-6-15(12-21)7-9-17)13-19(25)22-11-10-16-4-2-3-5-18(16)20/h2-9H,10-11,13H2,1H3,(H,22,25). The summed E-state index contributed by atoms with van der Waals surface area (Å²) in [6.45, 7) is 1.50. The lowest BCUT2D eigenvalue weighted by Crippen LogP contribution is -2.40. The van der Waals surface area contributed by atoms with Gasteiger partial charge in [-0.05, 0) is 42.3 Å². The van der Waals surface area contributed by atoms with Crippen LogP contribution in [0.3, 0.4) is 0 Å². The summed E-state index contributed by atoms with van der Waals surface area (Å²) in [5, 5.41) is 11.5. The molecular weight excluding hydrogens is 321 g/mol. The van der Waals surface area contributed by atoms with E-state index < -0.39 is 0 Å². The molecule has 0 saturated carbocycles. The van der Waals surface area contributed by atoms with Crippen molar-refractivity contribution in [3.8, 4) is 6.07 Å². The predicted molar refractivity (Wildman–Crippen MR) is 92.3 cm³/mol. The zero-order valence-electron chi connectivity index (χ0n) is 13.8. The lowest BCUT2D eigenvalue weighted by atomic mass is 10.1. The Hall–Kier alpha value is -3.20. The van der Waals surface area contributed by atoms with Gasteiger partial charge in [0.15, 0.2) is 0 Å². The Morgan fingerprint density at radius 3 is 2.44 bits per heavy atom. The lowest BCUT2D eigenvalue weighted by Gasteiger charge is -2.20. The van der Waals surface area contributed by atoms with Crippen LogP contribution in [0.1, 0.15) is 18.1 Å². The largest absolute Gasteiger partial charge is 0.354 e. The van der Waals surface area contributed by atoms with E-state index in [1.807, 2.05) is 6.07 Å². The fourth-order valence-corrected chi connectivity index (χ4v) is 2.34. The van der Waals surface area contributed by atoms with Crippen LogP contribution in [-0.2, 0) is 16.0 Å². The number of carbonyl (C=O) groups is 2. The molecule has 0 fully saturated rings. The zero-order chi connectivity index (χ0) is 18.2. The molecule has 2 aromatic rings. The highest BCUT2D eigenvalue weighted by Crippen LogP contribution is 2.15. The van der Waals surface area contributed by atoms with E-state index in [9.17, 15) is 14.0 Å². The Balaban J connectivity index is 1.93. The first-order valence-corrected chi connectivity index (χ1v) is 7.79. The fourth-order valence-electron chi connectivity index (χ4n) is 2.34. The van der Waals surface area contributed by atoms with E-state index in [1.165, 1.54) is 17.9 Å². The first-order chi connectivity index (χ1) is 12.0. The topological polar surface area (TPSA) is 73.2 Å². The average Bonchev–Trinajstić information content (AvgIpc) is 2.61. The molecule has 2 aromatic carbocycles. The van der Waals surface area contributed by atoms with Crippen LogP contribution in [0.25, 0.3) is 0 Å². The zero-order valence-corrected chi connectivity index (χ0v) is 13.8. The molecule has 0 heterocycles. The van der Waals surface area contributed by atoms with Crippen LogP contribution in [0.2, 0.25) is 0 Å². The van der Waals surface area contributed by atoms with Gasteiger partial charge in [-0.15, -0.1) is 0 Å². The van der Waals surface area contributed by atoms with E-state index in [-0.39, 0.29) is 30.7 Å². The molecule has 0 radical (unpaired) electrons. The summed E-state index contributed by atoms with van der Waals surface area (Å²) in [6.07, 6.45) is 0.370. The maximum atomic E-state index is 13.5. The minimum Gasteiger partial charge on any atom is -0.354 e. The smallest absolute Gasteiger partial charge is 0.240 e. The van der Waals surface area contributed by atoms with Crippen molar-refractivity contribution in [1.82, 2.24) is 5.32 Å². The summed E-state index contributed by atoms with van der Waals surface area (Å²) in [4.78, 5) is 25.2. The summed E-state index contributed by atoms with van der Waals surface area (Å²) < 4.78 is 13.5. The number of nitriles is 1. The second-order valence-electron chi connectivity index (χ2n) is 5.46. The summed E-state index contributed by atoms with van der Waals surface area (Å²) >= 11 is 0. The Morgan fingerprint density at radius 2 is 1.84 bits per heavy atom. The number of halogens is 1. The molecule has 5 nitrogen and oxygen atoms in total. The maximum Gasteiger partial charge on any atom is 0.240 e. The molecule has 0 atom stereocenters. The molecule has 0 unspecified atom stereocenters. The summed E-state index contributed by atoms with van der Waals surface area (Å²) in [5.74, 6) is -0.926. The minimum absolute atomic E-state index is 0.140. The van der Waals surface area contributed by atoms with Crippen molar-refractivity contribution in [2.75, 3.05) is 18.0 Å². The molecule has 2 amide bonds. The number of nitrogens with zero attached hydrogens (tertiary/aromatic N) is 2. The highest BCUT2D eigenvalue weighted by molar-refractivity contribution is 5.97. The van der Waals surface area contributed by atoms with E-state index in [1.54, 1.807) is 42.5 Å². The van der Waals surface area contributed by atoms with Gasteiger partial charge in [0.2, 0.25) is 11.8 Å². The minimum atomic E-state index is -0.337. The van der Waals surface area contributed by atoms with Gasteiger partial charge in [-0.3, -0.25) is 9.59 Å². The van der Waals surface area contributed by atoms with Gasteiger partial charge in [-0.2, -0.15) is 5.26 Å². The Bertz CT molecular complexity index is 797. The number of hydrogen-bond acceptors (Lipinski definition) is 3. The number of carbonyl (C=O) groups excluding carboxylic acids is 2. The van der Waals surface area contributed by atoms with E-state index in [4.69, 9.17) is 5.26 Å². The van der Waals surface area contributed by atoms with Gasteiger partial charge >= 0.3 is 0 Å². The van der Waals surface area contributed by atoms with Gasteiger partial charge < -0.3 is 10.2 Å². The molecule has 0 spiro atoms. The van der Waals surface area contributed by atoms with Crippen molar-refractivity contribution >= 4 is 17.5 Å². The lowest BCUT2D eigenvalue weighted by molar-refractivity contribution is -0.123. The van der Waals surface area contributed by atoms with Gasteiger partial charge in [0.05, 0.1) is 11.6 Å². The highest BCUT2D eigenvalue weighted by Gasteiger charge is 2.15. The summed E-state index contributed by atoms with van der Waals surface area (Å²) in [5.41, 5.74) is 1.54. The van der Waals surface area contributed by atoms with Gasteiger partial charge in [-0.25, -0.2) is 4.39 Å². The first-order valence-electron chi connectivity index (χ1n) is 7.79. The van der Waals surface area contributed by atoms with Crippen LogP contribution < -0.4 is 10.2 Å². The predicted octanol–water partition coefficient (Wildman–Crippen LogP) is 2.41. The summed E-state index contributed by atoms with van der Waals surface area (Å²) in [7, 11) is 0. The second kappa shape index (κ2) is 8.60. The van der Waals surface area contributed by atoms with Crippen LogP contribution in [0.15, 0.2) is 48.5 Å². The molecule has 0 aliphatic rings. The quantitative estimate of drug-likeness (QED) is 0.878. The highest BCUT2D eigenvalue weighted by atomic mass is 19.1. The third-order valence-electron chi connectivity index (χ3n) is 3.66. The van der Waals surface area contributed by atoms with Crippen LogP contribution in [0.4, 0.5) is 10.1 Å². The van der Waals surface area contributed by atoms with E-state index in [0.717, 1.165) is 0 Å². The summed E-state index contributed by atoms with van der Waals surface area (Å²) in [6, 6.07) is 14.8. The number of amides is 2. The van der Waals surface area contributed by atoms with Crippen molar-refractivity contribution in [3.05, 3.63) is 65.5 Å². The Morgan fingerprint density at radius 1 is 1.16 bits per heavy atom.